The number of nitrogens with zero attached hydrogens (tertiary/aromatic N) is 1. The SMILES string of the molecule is C=CN=C/C=C(\N)C(C)(O)CC. The lowest BCUT2D eigenvalue weighted by Gasteiger charge is -2.21. The van der Waals surface area contributed by atoms with E-state index in [1.54, 1.807) is 13.0 Å². The van der Waals surface area contributed by atoms with Crippen molar-refractivity contribution in [1.29, 1.82) is 0 Å². The van der Waals surface area contributed by atoms with Gasteiger partial charge in [0.05, 0.1) is 0 Å². The number of nitrogens with two attached hydrogens (primary N) is 1. The van der Waals surface area contributed by atoms with Crippen LogP contribution in [0.2, 0.25) is 0 Å². The number of rotatable bonds is 4. The van der Waals surface area contributed by atoms with Crippen molar-refractivity contribution in [3.05, 3.63) is 24.6 Å². The Kier molecular flexibility index (Phi) is 4.29. The molecular formula is C9H16N2O. The Morgan fingerprint density at radius 2 is 2.33 bits per heavy atom. The summed E-state index contributed by atoms with van der Waals surface area (Å²) in [6.07, 6.45) is 5.07. The van der Waals surface area contributed by atoms with Gasteiger partial charge in [0.2, 0.25) is 0 Å². The quantitative estimate of drug-likeness (QED) is 0.620. The van der Waals surface area contributed by atoms with Crippen LogP contribution in [-0.2, 0) is 0 Å². The lowest BCUT2D eigenvalue weighted by molar-refractivity contribution is 0.0931. The third-order valence-corrected chi connectivity index (χ3v) is 1.76. The van der Waals surface area contributed by atoms with Crippen LogP contribution in [0.5, 0.6) is 0 Å². The van der Waals surface area contributed by atoms with E-state index in [9.17, 15) is 5.11 Å². The molecular weight excluding hydrogens is 152 g/mol. The Hall–Kier alpha value is -1.09. The average molecular weight is 168 g/mol. The molecule has 0 radical (unpaired) electrons. The number of allylic oxidation sites excluding steroid dienone is 1. The first-order valence-electron chi connectivity index (χ1n) is 3.87. The van der Waals surface area contributed by atoms with Crippen molar-refractivity contribution < 1.29 is 5.11 Å². The standard InChI is InChI=1S/C9H16N2O/c1-4-9(3,12)8(10)6-7-11-5-2/h5-7,12H,2,4,10H2,1,3H3/b8-6-,11-7?. The highest BCUT2D eigenvalue weighted by Gasteiger charge is 2.19. The van der Waals surface area contributed by atoms with E-state index in [4.69, 9.17) is 5.73 Å². The highest BCUT2D eigenvalue weighted by atomic mass is 16.3. The van der Waals surface area contributed by atoms with Gasteiger partial charge in [0.25, 0.3) is 0 Å². The summed E-state index contributed by atoms with van der Waals surface area (Å²) in [6, 6.07) is 0. The van der Waals surface area contributed by atoms with Gasteiger partial charge in [-0.25, -0.2) is 0 Å². The van der Waals surface area contributed by atoms with Crippen molar-refractivity contribution in [1.82, 2.24) is 0 Å². The topological polar surface area (TPSA) is 58.6 Å². The fourth-order valence-corrected chi connectivity index (χ4v) is 0.568. The number of aliphatic imine (C=N–C) groups is 1. The predicted molar refractivity (Wildman–Crippen MR) is 51.9 cm³/mol. The summed E-state index contributed by atoms with van der Waals surface area (Å²) in [6.45, 7) is 6.94. The molecule has 0 spiro atoms. The molecule has 3 heteroatoms. The first kappa shape index (κ1) is 10.9. The minimum absolute atomic E-state index is 0.413. The fraction of sp³-hybridized carbons (Fsp3) is 0.444. The number of aliphatic hydroxyl groups is 1. The zero-order chi connectivity index (χ0) is 9.61. The van der Waals surface area contributed by atoms with E-state index in [1.807, 2.05) is 6.92 Å². The summed E-state index contributed by atoms with van der Waals surface area (Å²) < 4.78 is 0. The van der Waals surface area contributed by atoms with Crippen LogP contribution < -0.4 is 5.73 Å². The lowest BCUT2D eigenvalue weighted by atomic mass is 9.99. The molecule has 0 aromatic carbocycles. The zero-order valence-corrected chi connectivity index (χ0v) is 7.62. The van der Waals surface area contributed by atoms with Crippen LogP contribution in [-0.4, -0.2) is 16.9 Å². The predicted octanol–water partition coefficient (Wildman–Crippen LogP) is 1.20. The van der Waals surface area contributed by atoms with Gasteiger partial charge in [0.15, 0.2) is 0 Å². The van der Waals surface area contributed by atoms with Gasteiger partial charge in [-0.3, -0.25) is 4.99 Å². The normalized spacial score (nSPS) is 17.8. The molecule has 0 rings (SSSR count). The summed E-state index contributed by atoms with van der Waals surface area (Å²) in [7, 11) is 0. The third kappa shape index (κ3) is 3.34. The fourth-order valence-electron chi connectivity index (χ4n) is 0.568. The van der Waals surface area contributed by atoms with Gasteiger partial charge in [0.1, 0.15) is 5.60 Å². The Bertz CT molecular complexity index is 205. The van der Waals surface area contributed by atoms with E-state index in [1.165, 1.54) is 12.4 Å². The smallest absolute Gasteiger partial charge is 0.101 e. The van der Waals surface area contributed by atoms with Gasteiger partial charge in [-0.2, -0.15) is 0 Å². The van der Waals surface area contributed by atoms with Gasteiger partial charge in [-0.1, -0.05) is 13.5 Å². The molecule has 0 saturated carbocycles. The molecule has 0 aliphatic carbocycles. The van der Waals surface area contributed by atoms with Crippen LogP contribution in [0, 0.1) is 0 Å². The van der Waals surface area contributed by atoms with Crippen LogP contribution in [0.15, 0.2) is 29.5 Å². The monoisotopic (exact) mass is 168 g/mol. The van der Waals surface area contributed by atoms with Gasteiger partial charge in [-0.05, 0) is 19.4 Å². The van der Waals surface area contributed by atoms with Crippen molar-refractivity contribution in [2.45, 2.75) is 25.9 Å². The van der Waals surface area contributed by atoms with Crippen molar-refractivity contribution in [3.8, 4) is 0 Å². The largest absolute Gasteiger partial charge is 0.400 e. The highest BCUT2D eigenvalue weighted by molar-refractivity contribution is 5.72. The minimum Gasteiger partial charge on any atom is -0.400 e. The molecule has 0 amide bonds. The first-order valence-corrected chi connectivity index (χ1v) is 3.87. The molecule has 3 nitrogen and oxygen atoms in total. The van der Waals surface area contributed by atoms with Crippen LogP contribution >= 0.6 is 0 Å². The van der Waals surface area contributed by atoms with Gasteiger partial charge in [-0.15, -0.1) is 0 Å². The maximum absolute atomic E-state index is 9.61. The first-order chi connectivity index (χ1) is 5.54. The molecule has 12 heavy (non-hydrogen) atoms. The molecule has 0 heterocycles. The van der Waals surface area contributed by atoms with Crippen molar-refractivity contribution in [2.24, 2.45) is 10.7 Å². The van der Waals surface area contributed by atoms with Crippen LogP contribution in [0.3, 0.4) is 0 Å². The molecule has 0 aromatic rings. The molecule has 0 fully saturated rings. The second kappa shape index (κ2) is 4.72. The Balaban J connectivity index is 4.35. The van der Waals surface area contributed by atoms with E-state index in [2.05, 4.69) is 11.6 Å². The lowest BCUT2D eigenvalue weighted by Crippen LogP contribution is -2.30. The maximum Gasteiger partial charge on any atom is 0.101 e. The van der Waals surface area contributed by atoms with Crippen LogP contribution in [0.1, 0.15) is 20.3 Å². The molecule has 0 bridgehead atoms. The molecule has 0 saturated heterocycles. The van der Waals surface area contributed by atoms with Gasteiger partial charge < -0.3 is 10.8 Å². The average Bonchev–Trinajstić information content (AvgIpc) is 2.05. The third-order valence-electron chi connectivity index (χ3n) is 1.76. The number of hydrogen-bond donors (Lipinski definition) is 2. The molecule has 0 aliphatic rings. The van der Waals surface area contributed by atoms with Gasteiger partial charge >= 0.3 is 0 Å². The zero-order valence-electron chi connectivity index (χ0n) is 7.62. The second-order valence-electron chi connectivity index (χ2n) is 2.73. The summed E-state index contributed by atoms with van der Waals surface area (Å²) in [5.74, 6) is 0. The van der Waals surface area contributed by atoms with E-state index >= 15 is 0 Å². The molecule has 0 aromatic heterocycles. The van der Waals surface area contributed by atoms with E-state index in [-0.39, 0.29) is 0 Å². The molecule has 1 unspecified atom stereocenters. The van der Waals surface area contributed by atoms with E-state index in [0.717, 1.165) is 0 Å². The Morgan fingerprint density at radius 1 is 1.75 bits per heavy atom. The highest BCUT2D eigenvalue weighted by Crippen LogP contribution is 2.14. The van der Waals surface area contributed by atoms with E-state index < -0.39 is 5.60 Å². The van der Waals surface area contributed by atoms with E-state index in [0.29, 0.717) is 12.1 Å². The van der Waals surface area contributed by atoms with Crippen molar-refractivity contribution in [2.75, 3.05) is 0 Å². The van der Waals surface area contributed by atoms with Crippen LogP contribution in [0.25, 0.3) is 0 Å². The van der Waals surface area contributed by atoms with Crippen molar-refractivity contribution in [3.63, 3.8) is 0 Å². The summed E-state index contributed by atoms with van der Waals surface area (Å²) in [4.78, 5) is 3.73. The molecule has 0 aliphatic heterocycles. The molecule has 3 N–H and O–H groups in total. The minimum atomic E-state index is -0.937. The summed E-state index contributed by atoms with van der Waals surface area (Å²) in [5, 5.41) is 9.61. The summed E-state index contributed by atoms with van der Waals surface area (Å²) in [5.41, 5.74) is 5.06. The van der Waals surface area contributed by atoms with Crippen molar-refractivity contribution >= 4 is 6.21 Å². The Labute approximate surface area is 73.3 Å². The maximum atomic E-state index is 9.61. The Morgan fingerprint density at radius 3 is 2.75 bits per heavy atom. The number of hydrogen-bond acceptors (Lipinski definition) is 3. The second-order valence-corrected chi connectivity index (χ2v) is 2.73. The molecule has 1 atom stereocenters. The molecule has 68 valence electrons. The summed E-state index contributed by atoms with van der Waals surface area (Å²) >= 11 is 0. The van der Waals surface area contributed by atoms with Gasteiger partial charge in [0, 0.05) is 18.1 Å². The van der Waals surface area contributed by atoms with Crippen LogP contribution in [0.4, 0.5) is 0 Å².